The van der Waals surface area contributed by atoms with Crippen LogP contribution < -0.4 is 4.90 Å². The van der Waals surface area contributed by atoms with E-state index >= 15 is 0 Å². The Kier molecular flexibility index (Phi) is 13.0. The maximum Gasteiger partial charge on any atom is 0.143 e. The minimum absolute atomic E-state index is 0.0435. The highest BCUT2D eigenvalue weighted by Gasteiger charge is 2.37. The molecule has 0 radical (unpaired) electrons. The number of hydrogen-bond acceptors (Lipinski definition) is 2. The van der Waals surface area contributed by atoms with Gasteiger partial charge in [0.1, 0.15) is 11.2 Å². The Morgan fingerprint density at radius 3 is 2.40 bits per heavy atom. The van der Waals surface area contributed by atoms with Crippen LogP contribution in [0.25, 0.3) is 44.2 Å². The molecule has 5 aromatic rings. The number of nitrogens with zero attached hydrogens (tertiary/aromatic N) is 1. The zero-order chi connectivity index (χ0) is 43.9. The molecular weight excluding hydrogens is 763 g/mol. The van der Waals surface area contributed by atoms with Crippen molar-refractivity contribution in [2.75, 3.05) is 4.90 Å². The quantitative estimate of drug-likeness (QED) is 0.103. The lowest BCUT2D eigenvalue weighted by Crippen LogP contribution is -2.25. The van der Waals surface area contributed by atoms with Gasteiger partial charge < -0.3 is 9.32 Å². The lowest BCUT2D eigenvalue weighted by Gasteiger charge is -2.30. The molecular formula is C61H59NO. The fourth-order valence-electron chi connectivity index (χ4n) is 9.37. The summed E-state index contributed by atoms with van der Waals surface area (Å²) >= 11 is 0. The first kappa shape index (κ1) is 42.9. The highest BCUT2D eigenvalue weighted by molar-refractivity contribution is 6.14. The van der Waals surface area contributed by atoms with Crippen molar-refractivity contribution in [3.05, 3.63) is 197 Å². The molecule has 0 saturated heterocycles. The van der Waals surface area contributed by atoms with E-state index in [9.17, 15) is 0 Å². The first-order chi connectivity index (χ1) is 30.7. The van der Waals surface area contributed by atoms with Gasteiger partial charge in [-0.15, -0.1) is 12.3 Å². The van der Waals surface area contributed by atoms with E-state index in [1.54, 1.807) is 0 Å². The third-order valence-corrected chi connectivity index (χ3v) is 12.9. The lowest BCUT2D eigenvalue weighted by atomic mass is 9.82. The summed E-state index contributed by atoms with van der Waals surface area (Å²) in [6, 6.07) is 28.7. The first-order valence-corrected chi connectivity index (χ1v) is 22.8. The van der Waals surface area contributed by atoms with Crippen LogP contribution in [-0.2, 0) is 5.41 Å². The van der Waals surface area contributed by atoms with E-state index in [4.69, 9.17) is 10.8 Å². The molecule has 2 heteroatoms. The Balaban J connectivity index is 1.25. The molecule has 0 fully saturated rings. The van der Waals surface area contributed by atoms with E-state index in [-0.39, 0.29) is 11.3 Å². The monoisotopic (exact) mass is 821 g/mol. The number of benzene rings is 4. The zero-order valence-electron chi connectivity index (χ0n) is 37.9. The molecule has 3 aliphatic carbocycles. The van der Waals surface area contributed by atoms with Gasteiger partial charge in [-0.3, -0.25) is 0 Å². The van der Waals surface area contributed by atoms with Gasteiger partial charge in [-0.25, -0.2) is 0 Å². The molecule has 1 aromatic heterocycles. The average molecular weight is 822 g/mol. The molecule has 0 spiro atoms. The summed E-state index contributed by atoms with van der Waals surface area (Å²) in [4.78, 5) is 2.27. The summed E-state index contributed by atoms with van der Waals surface area (Å²) in [5, 5.41) is 2.27. The van der Waals surface area contributed by atoms with Crippen LogP contribution >= 0.6 is 0 Å². The van der Waals surface area contributed by atoms with Crippen LogP contribution in [-0.4, -0.2) is 0 Å². The average Bonchev–Trinajstić information content (AvgIpc) is 3.81. The molecule has 1 atom stereocenters. The van der Waals surface area contributed by atoms with Gasteiger partial charge >= 0.3 is 0 Å². The summed E-state index contributed by atoms with van der Waals surface area (Å²) in [6.07, 6.45) is 39.8. The Bertz CT molecular complexity index is 2940. The number of fused-ring (bicyclic) bond motifs is 7. The fourth-order valence-corrected chi connectivity index (χ4v) is 9.37. The number of terminal acetylenes is 1. The number of anilines is 1. The molecule has 314 valence electrons. The molecule has 1 unspecified atom stereocenters. The van der Waals surface area contributed by atoms with Crippen molar-refractivity contribution in [3.8, 4) is 46.4 Å². The molecule has 0 saturated carbocycles. The highest BCUT2D eigenvalue weighted by atomic mass is 16.3. The van der Waals surface area contributed by atoms with Crippen molar-refractivity contribution in [1.82, 2.24) is 0 Å². The molecule has 3 aliphatic rings. The van der Waals surface area contributed by atoms with Crippen molar-refractivity contribution >= 4 is 27.6 Å². The van der Waals surface area contributed by atoms with Crippen LogP contribution in [0.1, 0.15) is 97.6 Å². The van der Waals surface area contributed by atoms with Gasteiger partial charge in [0.2, 0.25) is 0 Å². The summed E-state index contributed by atoms with van der Waals surface area (Å²) in [7, 11) is 0. The minimum Gasteiger partial charge on any atom is -0.455 e. The molecule has 2 nitrogen and oxygen atoms in total. The number of unbranched alkanes of at least 4 members (excludes halogenated alkanes) is 1. The van der Waals surface area contributed by atoms with E-state index < -0.39 is 0 Å². The van der Waals surface area contributed by atoms with E-state index in [2.05, 4.69) is 216 Å². The molecule has 8 rings (SSSR count). The van der Waals surface area contributed by atoms with Crippen LogP contribution in [0.15, 0.2) is 190 Å². The number of para-hydroxylation sites is 1. The predicted octanol–water partition coefficient (Wildman–Crippen LogP) is 16.6. The van der Waals surface area contributed by atoms with Crippen LogP contribution in [0.4, 0.5) is 5.69 Å². The maximum absolute atomic E-state index is 7.01. The molecule has 4 aromatic carbocycles. The Morgan fingerprint density at radius 1 is 0.810 bits per heavy atom. The summed E-state index contributed by atoms with van der Waals surface area (Å²) in [6.45, 7) is 13.4. The molecule has 0 N–H and O–H groups in total. The van der Waals surface area contributed by atoms with E-state index in [1.807, 2.05) is 0 Å². The minimum atomic E-state index is -0.0999. The molecule has 0 bridgehead atoms. The summed E-state index contributed by atoms with van der Waals surface area (Å²) < 4.78 is 7.01. The highest BCUT2D eigenvalue weighted by Crippen LogP contribution is 2.53. The Hall–Kier alpha value is -6.74. The van der Waals surface area contributed by atoms with E-state index in [0.717, 1.165) is 95.1 Å². The second-order valence-electron chi connectivity index (χ2n) is 17.4. The van der Waals surface area contributed by atoms with Crippen molar-refractivity contribution in [1.29, 1.82) is 0 Å². The van der Waals surface area contributed by atoms with Gasteiger partial charge in [-0.1, -0.05) is 174 Å². The number of allylic oxidation sites excluding steroid dienone is 17. The van der Waals surface area contributed by atoms with Gasteiger partial charge in [-0.05, 0) is 108 Å². The van der Waals surface area contributed by atoms with Gasteiger partial charge in [-0.2, -0.15) is 0 Å². The number of rotatable bonds is 10. The second-order valence-corrected chi connectivity index (χ2v) is 17.4. The van der Waals surface area contributed by atoms with Crippen LogP contribution in [0.5, 0.6) is 0 Å². The molecule has 0 aliphatic heterocycles. The predicted molar refractivity (Wildman–Crippen MR) is 270 cm³/mol. The van der Waals surface area contributed by atoms with Crippen molar-refractivity contribution < 1.29 is 4.42 Å². The SMILES string of the molecule is C#C/C(=C\C=C(/C)C1=CC=CCC1)N(/C1=C/C=C(/C(=C/CC)CC#CCCC)C/C=C\C=C/C1C)c1ccc(-c2cccc3c2oc2c4c(ccc23)C(C)(C)c2ccccc2-4)cc1. The standard InChI is InChI=1S/C61H59NO/c1-8-11-12-16-27-46(23-9-2)47-28-19-13-15-24-44(5)57(42-36-47)62(49(10-3)37-33-43(4)45-25-17-14-18-26-45)50-38-34-48(35-39-50)51-30-22-31-52-53-40-41-56-58(60(53)63-59(51)52)54-29-20-21-32-55(54)61(56,6)7/h3,13-15,17,19-25,29-42,44H,8-9,11,18,26-28H2,1-2,4-7H3/b19-13-,24-15-,43-33+,46-23+,47-36+,49-37+,57-42+. The lowest BCUT2D eigenvalue weighted by molar-refractivity contribution is 0.653. The maximum atomic E-state index is 7.01. The van der Waals surface area contributed by atoms with Gasteiger partial charge in [0.25, 0.3) is 0 Å². The Labute approximate surface area is 376 Å². The van der Waals surface area contributed by atoms with Crippen LogP contribution in [0.3, 0.4) is 0 Å². The van der Waals surface area contributed by atoms with Crippen LogP contribution in [0.2, 0.25) is 0 Å². The second kappa shape index (κ2) is 19.1. The topological polar surface area (TPSA) is 16.4 Å². The van der Waals surface area contributed by atoms with Crippen LogP contribution in [0, 0.1) is 30.1 Å². The zero-order valence-corrected chi connectivity index (χ0v) is 37.9. The van der Waals surface area contributed by atoms with E-state index in [1.165, 1.54) is 44.5 Å². The Morgan fingerprint density at radius 2 is 1.62 bits per heavy atom. The third-order valence-electron chi connectivity index (χ3n) is 12.9. The summed E-state index contributed by atoms with van der Waals surface area (Å²) in [5.41, 5.74) is 17.0. The van der Waals surface area contributed by atoms with E-state index in [0.29, 0.717) is 0 Å². The summed E-state index contributed by atoms with van der Waals surface area (Å²) in [5.74, 6) is 9.98. The fraction of sp³-hybridized carbons (Fsp3) is 0.246. The number of furan rings is 1. The molecule has 63 heavy (non-hydrogen) atoms. The largest absolute Gasteiger partial charge is 0.455 e. The van der Waals surface area contributed by atoms with Gasteiger partial charge in [0, 0.05) is 57.5 Å². The molecule has 1 heterocycles. The smallest absolute Gasteiger partial charge is 0.143 e. The van der Waals surface area contributed by atoms with Crippen molar-refractivity contribution in [3.63, 3.8) is 0 Å². The van der Waals surface area contributed by atoms with Crippen molar-refractivity contribution in [2.24, 2.45) is 5.92 Å². The van der Waals surface area contributed by atoms with Gasteiger partial charge in [0.05, 0.1) is 5.70 Å². The first-order valence-electron chi connectivity index (χ1n) is 22.8. The normalized spacial score (nSPS) is 20.0. The number of hydrogen-bond donors (Lipinski definition) is 0. The molecule has 0 amide bonds. The third kappa shape index (κ3) is 8.70. The van der Waals surface area contributed by atoms with Crippen molar-refractivity contribution in [2.45, 2.75) is 91.9 Å². The van der Waals surface area contributed by atoms with Gasteiger partial charge in [0.15, 0.2) is 0 Å².